The fraction of sp³-hybridized carbons (Fsp3) is 0.333. The molecular weight excluding hydrogens is 272 g/mol. The molecule has 0 spiro atoms. The Morgan fingerprint density at radius 3 is 2.35 bits per heavy atom. The van der Waals surface area contributed by atoms with Crippen LogP contribution in [0.1, 0.15) is 28.1 Å². The minimum Gasteiger partial charge on any atom is -0.362 e. The van der Waals surface area contributed by atoms with Crippen LogP contribution in [0.5, 0.6) is 0 Å². The van der Waals surface area contributed by atoms with Crippen LogP contribution in [0, 0.1) is 27.7 Å². The fourth-order valence-corrected chi connectivity index (χ4v) is 3.55. The third-order valence-electron chi connectivity index (χ3n) is 3.33. The summed E-state index contributed by atoms with van der Waals surface area (Å²) in [5, 5.41) is 0. The molecule has 0 saturated heterocycles. The molecule has 5 heteroatoms. The van der Waals surface area contributed by atoms with Crippen LogP contribution in [-0.4, -0.2) is 13.4 Å². The molecule has 1 aromatic heterocycles. The van der Waals surface area contributed by atoms with E-state index < -0.39 is 10.0 Å². The first-order valence-corrected chi connectivity index (χ1v) is 8.00. The molecule has 2 rings (SSSR count). The van der Waals surface area contributed by atoms with Crippen molar-refractivity contribution in [3.8, 4) is 0 Å². The summed E-state index contributed by atoms with van der Waals surface area (Å²) >= 11 is 0. The quantitative estimate of drug-likeness (QED) is 0.910. The van der Waals surface area contributed by atoms with E-state index in [-0.39, 0.29) is 0 Å². The molecule has 2 aromatic rings. The maximum atomic E-state index is 12.3. The zero-order valence-corrected chi connectivity index (χ0v) is 13.1. The summed E-state index contributed by atoms with van der Waals surface area (Å²) in [7, 11) is -3.48. The van der Waals surface area contributed by atoms with Crippen LogP contribution in [0.3, 0.4) is 0 Å². The lowest BCUT2D eigenvalue weighted by molar-refractivity contribution is 0.580. The van der Waals surface area contributed by atoms with Crippen LogP contribution in [0.4, 0.5) is 0 Å². The first kappa shape index (κ1) is 14.8. The topological polar surface area (TPSA) is 62.0 Å². The van der Waals surface area contributed by atoms with Gasteiger partial charge >= 0.3 is 0 Å². The predicted molar refractivity (Wildman–Crippen MR) is 80.2 cm³/mol. The fourth-order valence-electron chi connectivity index (χ4n) is 2.32. The second-order valence-corrected chi connectivity index (χ2v) is 6.93. The minimum absolute atomic E-state index is 0.297. The van der Waals surface area contributed by atoms with Gasteiger partial charge in [0.25, 0.3) is 0 Å². The molecule has 0 fully saturated rings. The number of aromatic nitrogens is 1. The molecule has 0 radical (unpaired) electrons. The summed E-state index contributed by atoms with van der Waals surface area (Å²) in [6.45, 7) is 7.95. The van der Waals surface area contributed by atoms with E-state index in [1.165, 1.54) is 0 Å². The third kappa shape index (κ3) is 3.11. The van der Waals surface area contributed by atoms with Crippen molar-refractivity contribution in [1.82, 2.24) is 9.71 Å². The van der Waals surface area contributed by atoms with Crippen molar-refractivity contribution in [2.75, 3.05) is 0 Å². The van der Waals surface area contributed by atoms with Gasteiger partial charge in [0.2, 0.25) is 10.0 Å². The largest absolute Gasteiger partial charge is 0.362 e. The monoisotopic (exact) mass is 292 g/mol. The molecule has 0 atom stereocenters. The number of aryl methyl sites for hydroxylation is 4. The van der Waals surface area contributed by atoms with Gasteiger partial charge in [-0.25, -0.2) is 13.1 Å². The van der Waals surface area contributed by atoms with E-state index in [9.17, 15) is 8.42 Å². The average molecular weight is 292 g/mol. The second kappa shape index (κ2) is 5.42. The number of hydrogen-bond donors (Lipinski definition) is 2. The van der Waals surface area contributed by atoms with E-state index >= 15 is 0 Å². The number of H-pyrrole nitrogens is 1. The van der Waals surface area contributed by atoms with Crippen LogP contribution in [0.2, 0.25) is 0 Å². The Labute approximate surface area is 120 Å². The number of aromatic amines is 1. The Hall–Kier alpha value is -1.59. The van der Waals surface area contributed by atoms with Crippen LogP contribution in [0.15, 0.2) is 29.2 Å². The van der Waals surface area contributed by atoms with Gasteiger partial charge in [0, 0.05) is 17.9 Å². The molecule has 108 valence electrons. The first-order valence-electron chi connectivity index (χ1n) is 6.51. The van der Waals surface area contributed by atoms with Crippen molar-refractivity contribution < 1.29 is 8.42 Å². The molecule has 1 heterocycles. The SMILES string of the molecule is Cc1ccc(S(=O)(=O)NCc2cc(C)[nH]c2C)c(C)c1. The predicted octanol–water partition coefficient (Wildman–Crippen LogP) is 2.73. The zero-order chi connectivity index (χ0) is 14.9. The van der Waals surface area contributed by atoms with Crippen LogP contribution in [0.25, 0.3) is 0 Å². The Kier molecular flexibility index (Phi) is 4.01. The molecule has 0 aliphatic rings. The normalized spacial score (nSPS) is 11.8. The summed E-state index contributed by atoms with van der Waals surface area (Å²) < 4.78 is 27.3. The van der Waals surface area contributed by atoms with Gasteiger partial charge < -0.3 is 4.98 Å². The summed E-state index contributed by atoms with van der Waals surface area (Å²) in [5.41, 5.74) is 4.81. The van der Waals surface area contributed by atoms with Crippen molar-refractivity contribution in [1.29, 1.82) is 0 Å². The highest BCUT2D eigenvalue weighted by Crippen LogP contribution is 2.17. The number of rotatable bonds is 4. The molecule has 0 saturated carbocycles. The summed E-state index contributed by atoms with van der Waals surface area (Å²) in [4.78, 5) is 3.51. The van der Waals surface area contributed by atoms with Gasteiger partial charge in [0.15, 0.2) is 0 Å². The summed E-state index contributed by atoms with van der Waals surface area (Å²) in [6.07, 6.45) is 0. The highest BCUT2D eigenvalue weighted by atomic mass is 32.2. The van der Waals surface area contributed by atoms with E-state index in [1.54, 1.807) is 6.07 Å². The van der Waals surface area contributed by atoms with Gasteiger partial charge in [-0.15, -0.1) is 0 Å². The molecule has 0 unspecified atom stereocenters. The number of sulfonamides is 1. The van der Waals surface area contributed by atoms with Gasteiger partial charge in [-0.2, -0.15) is 0 Å². The lowest BCUT2D eigenvalue weighted by atomic mass is 10.2. The standard InChI is InChI=1S/C15H20N2O2S/c1-10-5-6-15(11(2)7-10)20(18,19)16-9-14-8-12(3)17-13(14)4/h5-8,16-17H,9H2,1-4H3. The highest BCUT2D eigenvalue weighted by Gasteiger charge is 2.17. The van der Waals surface area contributed by atoms with Gasteiger partial charge in [-0.05, 0) is 51.0 Å². The molecular formula is C15H20N2O2S. The number of nitrogens with one attached hydrogen (secondary N) is 2. The number of hydrogen-bond acceptors (Lipinski definition) is 2. The van der Waals surface area contributed by atoms with Gasteiger partial charge in [0.1, 0.15) is 0 Å². The van der Waals surface area contributed by atoms with Crippen LogP contribution >= 0.6 is 0 Å². The van der Waals surface area contributed by atoms with E-state index in [0.717, 1.165) is 28.1 Å². The van der Waals surface area contributed by atoms with Crippen molar-refractivity contribution >= 4 is 10.0 Å². The van der Waals surface area contributed by atoms with E-state index in [0.29, 0.717) is 11.4 Å². The maximum Gasteiger partial charge on any atom is 0.241 e. The third-order valence-corrected chi connectivity index (χ3v) is 4.89. The van der Waals surface area contributed by atoms with Gasteiger partial charge in [-0.1, -0.05) is 17.7 Å². The lowest BCUT2D eigenvalue weighted by Gasteiger charge is -2.09. The highest BCUT2D eigenvalue weighted by molar-refractivity contribution is 7.89. The molecule has 0 bridgehead atoms. The second-order valence-electron chi connectivity index (χ2n) is 5.20. The molecule has 0 aliphatic heterocycles. The maximum absolute atomic E-state index is 12.3. The van der Waals surface area contributed by atoms with Crippen molar-refractivity contribution in [3.05, 3.63) is 52.3 Å². The summed E-state index contributed by atoms with van der Waals surface area (Å²) in [5.74, 6) is 0. The molecule has 20 heavy (non-hydrogen) atoms. The Morgan fingerprint density at radius 2 is 1.80 bits per heavy atom. The zero-order valence-electron chi connectivity index (χ0n) is 12.2. The Bertz CT molecular complexity index is 730. The smallest absolute Gasteiger partial charge is 0.241 e. The molecule has 0 amide bonds. The molecule has 4 nitrogen and oxygen atoms in total. The number of benzene rings is 1. The van der Waals surface area contributed by atoms with Gasteiger partial charge in [0.05, 0.1) is 4.90 Å². The minimum atomic E-state index is -3.48. The van der Waals surface area contributed by atoms with E-state index in [1.807, 2.05) is 45.9 Å². The van der Waals surface area contributed by atoms with Crippen LogP contribution in [-0.2, 0) is 16.6 Å². The molecule has 1 aromatic carbocycles. The first-order chi connectivity index (χ1) is 9.29. The Balaban J connectivity index is 2.21. The van der Waals surface area contributed by atoms with Crippen LogP contribution < -0.4 is 4.72 Å². The van der Waals surface area contributed by atoms with E-state index in [4.69, 9.17) is 0 Å². The lowest BCUT2D eigenvalue weighted by Crippen LogP contribution is -2.24. The van der Waals surface area contributed by atoms with E-state index in [2.05, 4.69) is 9.71 Å². The van der Waals surface area contributed by atoms with Crippen molar-refractivity contribution in [2.24, 2.45) is 0 Å². The molecule has 2 N–H and O–H groups in total. The summed E-state index contributed by atoms with van der Waals surface area (Å²) in [6, 6.07) is 7.30. The average Bonchev–Trinajstić information content (AvgIpc) is 2.65. The van der Waals surface area contributed by atoms with Gasteiger partial charge in [-0.3, -0.25) is 0 Å². The Morgan fingerprint density at radius 1 is 1.10 bits per heavy atom. The molecule has 0 aliphatic carbocycles. The van der Waals surface area contributed by atoms with Crippen molar-refractivity contribution in [2.45, 2.75) is 39.1 Å². The van der Waals surface area contributed by atoms with Crippen molar-refractivity contribution in [3.63, 3.8) is 0 Å².